The molecule has 0 bridgehead atoms. The van der Waals surface area contributed by atoms with Crippen molar-refractivity contribution in [3.05, 3.63) is 11.5 Å². The number of nitrogens with two attached hydrogens (primary N) is 1. The third kappa shape index (κ3) is 2.55. The number of aromatic nitrogens is 2. The van der Waals surface area contributed by atoms with E-state index in [1.165, 1.54) is 16.6 Å². The highest BCUT2D eigenvalue weighted by Crippen LogP contribution is 2.15. The molecule has 1 aromatic heterocycles. The lowest BCUT2D eigenvalue weighted by Crippen LogP contribution is -2.27. The minimum Gasteiger partial charge on any atom is -0.464 e. The van der Waals surface area contributed by atoms with E-state index in [-0.39, 0.29) is 24.0 Å². The van der Waals surface area contributed by atoms with Crippen LogP contribution in [0.2, 0.25) is 0 Å². The molecule has 7 nitrogen and oxygen atoms in total. The molecule has 0 spiro atoms. The molecule has 0 radical (unpaired) electrons. The van der Waals surface area contributed by atoms with Gasteiger partial charge in [0.25, 0.3) is 0 Å². The topological polar surface area (TPSA) is 90.4 Å². The zero-order valence-corrected chi connectivity index (χ0v) is 10.4. The lowest BCUT2D eigenvalue weighted by Gasteiger charge is -2.12. The Labute approximate surface area is 99.2 Å². The van der Waals surface area contributed by atoms with Crippen molar-refractivity contribution in [2.75, 3.05) is 26.9 Å². The van der Waals surface area contributed by atoms with Gasteiger partial charge in [0.2, 0.25) is 5.91 Å². The molecule has 1 rings (SSSR count). The molecule has 0 fully saturated rings. The molecule has 0 aliphatic heterocycles. The summed E-state index contributed by atoms with van der Waals surface area (Å²) in [5, 5.41) is 0. The highest BCUT2D eigenvalue weighted by atomic mass is 16.5. The highest BCUT2D eigenvalue weighted by Gasteiger charge is 2.20. The van der Waals surface area contributed by atoms with Crippen LogP contribution in [0.5, 0.6) is 0 Å². The van der Waals surface area contributed by atoms with Crippen LogP contribution in [-0.4, -0.2) is 47.5 Å². The highest BCUT2D eigenvalue weighted by molar-refractivity contribution is 5.92. The molecule has 2 N–H and O–H groups in total. The van der Waals surface area contributed by atoms with Gasteiger partial charge in [-0.25, -0.2) is 9.78 Å². The Bertz CT molecular complexity index is 451. The van der Waals surface area contributed by atoms with Crippen LogP contribution < -0.4 is 5.73 Å². The zero-order valence-electron chi connectivity index (χ0n) is 10.4. The number of anilines is 1. The molecule has 1 heterocycles. The molecule has 7 heteroatoms. The third-order valence-corrected chi connectivity index (χ3v) is 2.37. The molecule has 0 atom stereocenters. The molecule has 0 aliphatic carbocycles. The summed E-state index contributed by atoms with van der Waals surface area (Å²) in [4.78, 5) is 28.3. The number of amides is 1. The minimum absolute atomic E-state index is 0.0385. The fraction of sp³-hybridized carbons (Fsp3) is 0.500. The second kappa shape index (κ2) is 4.86. The van der Waals surface area contributed by atoms with Gasteiger partial charge in [-0.2, -0.15) is 0 Å². The predicted molar refractivity (Wildman–Crippen MR) is 61.4 cm³/mol. The van der Waals surface area contributed by atoms with E-state index in [2.05, 4.69) is 9.72 Å². The summed E-state index contributed by atoms with van der Waals surface area (Å²) in [5.41, 5.74) is 5.80. The number of ether oxygens (including phenoxy) is 1. The van der Waals surface area contributed by atoms with Crippen molar-refractivity contribution in [2.45, 2.75) is 13.5 Å². The van der Waals surface area contributed by atoms with Crippen molar-refractivity contribution in [1.82, 2.24) is 14.5 Å². The van der Waals surface area contributed by atoms with E-state index in [0.29, 0.717) is 5.82 Å². The van der Waals surface area contributed by atoms with Gasteiger partial charge in [-0.05, 0) is 6.92 Å². The van der Waals surface area contributed by atoms with E-state index in [9.17, 15) is 9.59 Å². The minimum atomic E-state index is -0.610. The first kappa shape index (κ1) is 13.0. The monoisotopic (exact) mass is 240 g/mol. The first-order chi connectivity index (χ1) is 7.88. The van der Waals surface area contributed by atoms with E-state index in [1.807, 2.05) is 0 Å². The predicted octanol–water partition coefficient (Wildman–Crippen LogP) is -0.351. The Morgan fingerprint density at radius 3 is 2.53 bits per heavy atom. The van der Waals surface area contributed by atoms with Crippen LogP contribution in [0.4, 0.5) is 5.82 Å². The molecule has 1 aromatic rings. The summed E-state index contributed by atoms with van der Waals surface area (Å²) in [6, 6.07) is 0. The molecule has 0 saturated heterocycles. The maximum absolute atomic E-state index is 11.6. The number of nitrogen functional groups attached to an aromatic ring is 1. The number of nitrogens with zero attached hydrogens (tertiary/aromatic N) is 3. The van der Waals surface area contributed by atoms with Crippen LogP contribution in [0.1, 0.15) is 16.3 Å². The molecule has 0 aromatic carbocycles. The number of esters is 1. The number of carbonyl (C=O) groups excluding carboxylic acids is 2. The van der Waals surface area contributed by atoms with Gasteiger partial charge < -0.3 is 19.9 Å². The van der Waals surface area contributed by atoms with Gasteiger partial charge in [-0.1, -0.05) is 0 Å². The summed E-state index contributed by atoms with van der Waals surface area (Å²) in [6.45, 7) is 1.72. The number of imidazole rings is 1. The number of rotatable bonds is 3. The standard InChI is InChI=1S/C10H16N4O3/c1-6-12-8(10(16)17-4)9(11)14(6)5-7(15)13(2)3/h5,11H2,1-4H3. The Kier molecular flexibility index (Phi) is 3.72. The molecule has 0 aliphatic rings. The van der Waals surface area contributed by atoms with E-state index < -0.39 is 5.97 Å². The Balaban J connectivity index is 3.06. The normalized spacial score (nSPS) is 10.1. The van der Waals surface area contributed by atoms with Crippen molar-refractivity contribution < 1.29 is 14.3 Å². The fourth-order valence-corrected chi connectivity index (χ4v) is 1.30. The molecular weight excluding hydrogens is 224 g/mol. The summed E-state index contributed by atoms with van der Waals surface area (Å²) < 4.78 is 6.03. The Hall–Kier alpha value is -2.05. The van der Waals surface area contributed by atoms with E-state index in [4.69, 9.17) is 5.73 Å². The van der Waals surface area contributed by atoms with Crippen molar-refractivity contribution in [3.63, 3.8) is 0 Å². The quantitative estimate of drug-likeness (QED) is 0.729. The molecule has 94 valence electrons. The largest absolute Gasteiger partial charge is 0.464 e. The summed E-state index contributed by atoms with van der Waals surface area (Å²) >= 11 is 0. The molecular formula is C10H16N4O3. The van der Waals surface area contributed by atoms with Crippen molar-refractivity contribution in [2.24, 2.45) is 0 Å². The van der Waals surface area contributed by atoms with Crippen LogP contribution >= 0.6 is 0 Å². The lowest BCUT2D eigenvalue weighted by molar-refractivity contribution is -0.129. The van der Waals surface area contributed by atoms with Crippen molar-refractivity contribution in [1.29, 1.82) is 0 Å². The summed E-state index contributed by atoms with van der Waals surface area (Å²) in [5.74, 6) is -0.0992. The van der Waals surface area contributed by atoms with Gasteiger partial charge >= 0.3 is 5.97 Å². The van der Waals surface area contributed by atoms with Gasteiger partial charge in [0.1, 0.15) is 18.2 Å². The number of carbonyl (C=O) groups is 2. The van der Waals surface area contributed by atoms with Gasteiger partial charge in [-0.15, -0.1) is 0 Å². The number of hydrogen-bond donors (Lipinski definition) is 1. The van der Waals surface area contributed by atoms with Gasteiger partial charge in [0, 0.05) is 14.1 Å². The Morgan fingerprint density at radius 1 is 1.47 bits per heavy atom. The van der Waals surface area contributed by atoms with Gasteiger partial charge in [0.05, 0.1) is 7.11 Å². The molecule has 17 heavy (non-hydrogen) atoms. The van der Waals surface area contributed by atoms with Gasteiger partial charge in [-0.3, -0.25) is 4.79 Å². The first-order valence-corrected chi connectivity index (χ1v) is 4.99. The number of likely N-dealkylation sites (N-methyl/N-ethyl adjacent to an activating group) is 1. The van der Waals surface area contributed by atoms with Crippen molar-refractivity contribution in [3.8, 4) is 0 Å². The van der Waals surface area contributed by atoms with Crippen LogP contribution in [0, 0.1) is 6.92 Å². The van der Waals surface area contributed by atoms with Crippen LogP contribution in [0.3, 0.4) is 0 Å². The fourth-order valence-electron chi connectivity index (χ4n) is 1.30. The SMILES string of the molecule is COC(=O)c1nc(C)n(CC(=O)N(C)C)c1N. The first-order valence-electron chi connectivity index (χ1n) is 4.99. The smallest absolute Gasteiger partial charge is 0.360 e. The molecule has 0 saturated carbocycles. The van der Waals surface area contributed by atoms with E-state index in [0.717, 1.165) is 0 Å². The van der Waals surface area contributed by atoms with E-state index in [1.54, 1.807) is 21.0 Å². The van der Waals surface area contributed by atoms with Crippen LogP contribution in [-0.2, 0) is 16.1 Å². The number of methoxy groups -OCH3 is 1. The Morgan fingerprint density at radius 2 is 2.06 bits per heavy atom. The van der Waals surface area contributed by atoms with Crippen LogP contribution in [0.25, 0.3) is 0 Å². The maximum Gasteiger partial charge on any atom is 0.360 e. The molecule has 0 unspecified atom stereocenters. The molecule has 1 amide bonds. The van der Waals surface area contributed by atoms with Gasteiger partial charge in [0.15, 0.2) is 5.69 Å². The second-order valence-corrected chi connectivity index (χ2v) is 3.76. The summed E-state index contributed by atoms with van der Waals surface area (Å²) in [7, 11) is 4.54. The zero-order chi connectivity index (χ0) is 13.2. The summed E-state index contributed by atoms with van der Waals surface area (Å²) in [6.07, 6.45) is 0. The second-order valence-electron chi connectivity index (χ2n) is 3.76. The average Bonchev–Trinajstić information content (AvgIpc) is 2.55. The number of hydrogen-bond acceptors (Lipinski definition) is 5. The number of aryl methyl sites for hydroxylation is 1. The van der Waals surface area contributed by atoms with Crippen LogP contribution in [0.15, 0.2) is 0 Å². The average molecular weight is 240 g/mol. The maximum atomic E-state index is 11.6. The third-order valence-electron chi connectivity index (χ3n) is 2.37. The lowest BCUT2D eigenvalue weighted by atomic mass is 10.4. The van der Waals surface area contributed by atoms with E-state index >= 15 is 0 Å². The van der Waals surface area contributed by atoms with Crippen molar-refractivity contribution >= 4 is 17.7 Å².